The quantitative estimate of drug-likeness (QED) is 0.329. The standard InChI is InChI=1S/C37H52N4O8/c1-24-20-41(25(2)22-42)36(44)30-18-28(38-37(45)39-29-14-16-32-33(19-29)48-23-47-32)13-15-31(30)49-26(3)10-8-9-17-46-34(24)21-40(4)35(43)27-11-6-5-7-12-27/h13-16,18-19,24-27,34,42H,5-12,17,20-23H2,1-4H3,(H2,38,39,45)/t24-,25-,26+,34-/m0/s1. The second-order valence-electron chi connectivity index (χ2n) is 13.7. The summed E-state index contributed by atoms with van der Waals surface area (Å²) in [5, 5.41) is 15.9. The van der Waals surface area contributed by atoms with Gasteiger partial charge in [-0.25, -0.2) is 4.79 Å². The van der Waals surface area contributed by atoms with Gasteiger partial charge in [0.05, 0.1) is 30.4 Å². The van der Waals surface area contributed by atoms with E-state index in [1.165, 1.54) is 6.42 Å². The molecule has 0 bridgehead atoms. The molecule has 0 saturated heterocycles. The molecule has 12 heteroatoms. The van der Waals surface area contributed by atoms with Crippen molar-refractivity contribution in [1.82, 2.24) is 9.80 Å². The number of urea groups is 1. The number of aliphatic hydroxyl groups is 1. The van der Waals surface area contributed by atoms with Gasteiger partial charge in [0.1, 0.15) is 5.75 Å². The van der Waals surface area contributed by atoms with E-state index in [-0.39, 0.29) is 61.4 Å². The molecule has 2 heterocycles. The zero-order valence-electron chi connectivity index (χ0n) is 29.2. The van der Waals surface area contributed by atoms with Crippen LogP contribution in [-0.4, -0.2) is 91.1 Å². The molecule has 0 spiro atoms. The Bertz CT molecular complexity index is 1450. The summed E-state index contributed by atoms with van der Waals surface area (Å²) in [6.45, 7) is 6.93. The number of carbonyl (C=O) groups excluding carboxylic acids is 3. The van der Waals surface area contributed by atoms with Crippen LogP contribution in [0.3, 0.4) is 0 Å². The van der Waals surface area contributed by atoms with E-state index >= 15 is 0 Å². The van der Waals surface area contributed by atoms with Gasteiger partial charge in [0.2, 0.25) is 12.7 Å². The molecule has 12 nitrogen and oxygen atoms in total. The van der Waals surface area contributed by atoms with Crippen LogP contribution in [-0.2, 0) is 9.53 Å². The Balaban J connectivity index is 1.36. The molecule has 3 aliphatic rings. The van der Waals surface area contributed by atoms with Gasteiger partial charge >= 0.3 is 6.03 Å². The molecule has 1 saturated carbocycles. The molecule has 4 amide bonds. The Morgan fingerprint density at radius 1 is 0.939 bits per heavy atom. The molecule has 1 fully saturated rings. The first kappa shape index (κ1) is 36.3. The lowest BCUT2D eigenvalue weighted by Gasteiger charge is -2.36. The van der Waals surface area contributed by atoms with Crippen LogP contribution in [0.5, 0.6) is 17.2 Å². The van der Waals surface area contributed by atoms with E-state index in [0.717, 1.165) is 44.9 Å². The van der Waals surface area contributed by atoms with Crippen LogP contribution in [0.2, 0.25) is 0 Å². The van der Waals surface area contributed by atoms with E-state index in [9.17, 15) is 19.5 Å². The van der Waals surface area contributed by atoms with Crippen molar-refractivity contribution in [3.05, 3.63) is 42.0 Å². The van der Waals surface area contributed by atoms with Crippen LogP contribution >= 0.6 is 0 Å². The Morgan fingerprint density at radius 2 is 1.61 bits per heavy atom. The molecule has 2 aliphatic heterocycles. The highest BCUT2D eigenvalue weighted by Crippen LogP contribution is 2.34. The molecule has 2 aromatic rings. The topological polar surface area (TPSA) is 139 Å². The van der Waals surface area contributed by atoms with Crippen LogP contribution in [0.4, 0.5) is 16.2 Å². The van der Waals surface area contributed by atoms with E-state index in [0.29, 0.717) is 41.8 Å². The maximum atomic E-state index is 14.4. The fourth-order valence-corrected chi connectivity index (χ4v) is 6.75. The lowest BCUT2D eigenvalue weighted by atomic mass is 9.88. The van der Waals surface area contributed by atoms with E-state index in [2.05, 4.69) is 10.6 Å². The maximum absolute atomic E-state index is 14.4. The molecule has 4 atom stereocenters. The monoisotopic (exact) mass is 680 g/mol. The molecular formula is C37H52N4O8. The number of rotatable bonds is 7. The third-order valence-electron chi connectivity index (χ3n) is 9.72. The van der Waals surface area contributed by atoms with Gasteiger partial charge in [-0.1, -0.05) is 26.2 Å². The summed E-state index contributed by atoms with van der Waals surface area (Å²) in [7, 11) is 1.85. The van der Waals surface area contributed by atoms with E-state index < -0.39 is 12.1 Å². The van der Waals surface area contributed by atoms with Gasteiger partial charge in [0.15, 0.2) is 11.5 Å². The number of nitrogens with one attached hydrogen (secondary N) is 2. The average molecular weight is 681 g/mol. The number of carbonyl (C=O) groups is 3. The SMILES string of the molecule is C[C@@H]1CCCCO[C@@H](CN(C)C(=O)C2CCCCC2)[C@@H](C)CN([C@@H](C)CO)C(=O)c2cc(NC(=O)Nc3ccc4c(c3)OCO4)ccc2O1. The van der Waals surface area contributed by atoms with Gasteiger partial charge in [-0.05, 0) is 76.3 Å². The van der Waals surface area contributed by atoms with E-state index in [1.807, 2.05) is 20.9 Å². The summed E-state index contributed by atoms with van der Waals surface area (Å²) >= 11 is 0. The van der Waals surface area contributed by atoms with Gasteiger partial charge in [0.25, 0.3) is 5.91 Å². The fraction of sp³-hybridized carbons (Fsp3) is 0.595. The molecular weight excluding hydrogens is 628 g/mol. The van der Waals surface area contributed by atoms with E-state index in [4.69, 9.17) is 18.9 Å². The van der Waals surface area contributed by atoms with Crippen molar-refractivity contribution in [3.8, 4) is 17.2 Å². The molecule has 0 unspecified atom stereocenters. The highest BCUT2D eigenvalue weighted by molar-refractivity contribution is 6.02. The van der Waals surface area contributed by atoms with Crippen molar-refractivity contribution in [2.24, 2.45) is 11.8 Å². The third kappa shape index (κ3) is 9.57. The Kier molecular flexibility index (Phi) is 12.6. The minimum atomic E-state index is -0.513. The second-order valence-corrected chi connectivity index (χ2v) is 13.7. The molecule has 2 aromatic carbocycles. The smallest absolute Gasteiger partial charge is 0.323 e. The van der Waals surface area contributed by atoms with Gasteiger partial charge in [-0.2, -0.15) is 0 Å². The third-order valence-corrected chi connectivity index (χ3v) is 9.72. The second kappa shape index (κ2) is 17.1. The molecule has 1 aliphatic carbocycles. The normalized spacial score (nSPS) is 22.7. The Labute approximate surface area is 289 Å². The summed E-state index contributed by atoms with van der Waals surface area (Å²) in [5.74, 6) is 1.29. The number of aliphatic hydroxyl groups excluding tert-OH is 1. The molecule has 268 valence electrons. The van der Waals surface area contributed by atoms with Gasteiger partial charge in [-0.3, -0.25) is 9.59 Å². The van der Waals surface area contributed by atoms with Crippen molar-refractivity contribution in [1.29, 1.82) is 0 Å². The summed E-state index contributed by atoms with van der Waals surface area (Å²) in [5.41, 5.74) is 1.20. The number of fused-ring (bicyclic) bond motifs is 2. The fourth-order valence-electron chi connectivity index (χ4n) is 6.75. The van der Waals surface area contributed by atoms with Gasteiger partial charge in [-0.15, -0.1) is 0 Å². The number of amides is 4. The number of anilines is 2. The minimum absolute atomic E-state index is 0.0555. The largest absolute Gasteiger partial charge is 0.490 e. The summed E-state index contributed by atoms with van der Waals surface area (Å²) in [4.78, 5) is 44.2. The molecule has 0 radical (unpaired) electrons. The number of nitrogens with zero attached hydrogens (tertiary/aromatic N) is 2. The first-order chi connectivity index (χ1) is 23.6. The zero-order chi connectivity index (χ0) is 34.9. The molecule has 49 heavy (non-hydrogen) atoms. The van der Waals surface area contributed by atoms with Crippen LogP contribution < -0.4 is 24.8 Å². The van der Waals surface area contributed by atoms with Crippen molar-refractivity contribution in [2.45, 2.75) is 90.4 Å². The summed E-state index contributed by atoms with van der Waals surface area (Å²) in [6.07, 6.45) is 7.19. The van der Waals surface area contributed by atoms with Crippen molar-refractivity contribution >= 4 is 29.2 Å². The van der Waals surface area contributed by atoms with Crippen molar-refractivity contribution < 1.29 is 38.4 Å². The van der Waals surface area contributed by atoms with Gasteiger partial charge < -0.3 is 44.5 Å². The number of likely N-dealkylation sites (N-methyl/N-ethyl adjacent to an activating group) is 1. The van der Waals surface area contributed by atoms with E-state index in [1.54, 1.807) is 53.1 Å². The zero-order valence-corrected chi connectivity index (χ0v) is 29.2. The highest BCUT2D eigenvalue weighted by Gasteiger charge is 2.32. The minimum Gasteiger partial charge on any atom is -0.490 e. The van der Waals surface area contributed by atoms with Crippen LogP contribution in [0.1, 0.15) is 82.5 Å². The molecule has 5 rings (SSSR count). The number of ether oxygens (including phenoxy) is 4. The predicted molar refractivity (Wildman–Crippen MR) is 186 cm³/mol. The highest BCUT2D eigenvalue weighted by atomic mass is 16.7. The van der Waals surface area contributed by atoms with Crippen molar-refractivity contribution in [2.75, 3.05) is 50.8 Å². The summed E-state index contributed by atoms with van der Waals surface area (Å²) < 4.78 is 23.5. The maximum Gasteiger partial charge on any atom is 0.323 e. The lowest BCUT2D eigenvalue weighted by Crippen LogP contribution is -2.48. The molecule has 0 aromatic heterocycles. The predicted octanol–water partition coefficient (Wildman–Crippen LogP) is 5.89. The average Bonchev–Trinajstić information content (AvgIpc) is 3.57. The van der Waals surface area contributed by atoms with Gasteiger partial charge in [0, 0.05) is 56.0 Å². The lowest BCUT2D eigenvalue weighted by molar-refractivity contribution is -0.137. The first-order valence-corrected chi connectivity index (χ1v) is 17.7. The van der Waals surface area contributed by atoms with Crippen LogP contribution in [0.15, 0.2) is 36.4 Å². The number of hydrogen-bond acceptors (Lipinski definition) is 8. The molecule has 3 N–H and O–H groups in total. The Morgan fingerprint density at radius 3 is 2.35 bits per heavy atom. The van der Waals surface area contributed by atoms with Crippen LogP contribution in [0.25, 0.3) is 0 Å². The number of benzene rings is 2. The summed E-state index contributed by atoms with van der Waals surface area (Å²) in [6, 6.07) is 9.12. The van der Waals surface area contributed by atoms with Crippen LogP contribution in [0, 0.1) is 11.8 Å². The van der Waals surface area contributed by atoms with Crippen molar-refractivity contribution in [3.63, 3.8) is 0 Å². The Hall–Kier alpha value is -4.03. The first-order valence-electron chi connectivity index (χ1n) is 17.7. The number of hydrogen-bond donors (Lipinski definition) is 3.